The van der Waals surface area contributed by atoms with Crippen LogP contribution in [0.2, 0.25) is 0 Å². The summed E-state index contributed by atoms with van der Waals surface area (Å²) in [5.74, 6) is 0. The number of benzene rings is 2. The van der Waals surface area contributed by atoms with E-state index in [9.17, 15) is 0 Å². The highest BCUT2D eigenvalue weighted by molar-refractivity contribution is 7.30. The summed E-state index contributed by atoms with van der Waals surface area (Å²) in [5, 5.41) is 0. The standard InChI is InChI=1S/C14H15N.H3O3P/c1-14(15,12-8-4-2-5-9-12)13-10-6-3-7-11-13;1-4(2)3/h2-11H,15H2,1H3;4H,(H2,1,2,3). The lowest BCUT2D eigenvalue weighted by atomic mass is 9.86. The molecule has 0 saturated heterocycles. The molecule has 0 atom stereocenters. The van der Waals surface area contributed by atoms with E-state index in [2.05, 4.69) is 24.3 Å². The molecule has 2 rings (SSSR count). The van der Waals surface area contributed by atoms with E-state index in [4.69, 9.17) is 20.1 Å². The molecule has 0 aliphatic carbocycles. The van der Waals surface area contributed by atoms with Gasteiger partial charge in [0.1, 0.15) is 0 Å². The zero-order valence-electron chi connectivity index (χ0n) is 10.7. The fourth-order valence-electron chi connectivity index (χ4n) is 1.74. The van der Waals surface area contributed by atoms with E-state index in [0.717, 1.165) is 11.1 Å². The molecule has 0 unspecified atom stereocenters. The Kier molecular flexibility index (Phi) is 5.93. The molecule has 2 aromatic rings. The molecule has 0 aliphatic heterocycles. The number of hydrogen-bond donors (Lipinski definition) is 3. The Bertz CT molecular complexity index is 469. The van der Waals surface area contributed by atoms with Crippen LogP contribution in [-0.2, 0) is 10.1 Å². The maximum atomic E-state index is 8.74. The number of rotatable bonds is 2. The summed E-state index contributed by atoms with van der Waals surface area (Å²) in [7, 11) is -3.13. The van der Waals surface area contributed by atoms with Crippen molar-refractivity contribution >= 4 is 8.25 Å². The second-order valence-corrected chi connectivity index (χ2v) is 4.78. The summed E-state index contributed by atoms with van der Waals surface area (Å²) < 4.78 is 8.74. The van der Waals surface area contributed by atoms with Gasteiger partial charge in [-0.05, 0) is 18.1 Å². The Balaban J connectivity index is 0.000000399. The van der Waals surface area contributed by atoms with Gasteiger partial charge in [0, 0.05) is 0 Å². The molecule has 5 heteroatoms. The van der Waals surface area contributed by atoms with Crippen molar-refractivity contribution in [2.24, 2.45) is 5.73 Å². The van der Waals surface area contributed by atoms with Gasteiger partial charge in [-0.2, -0.15) is 0 Å². The van der Waals surface area contributed by atoms with Crippen LogP contribution in [0.25, 0.3) is 0 Å². The largest absolute Gasteiger partial charge is 0.326 e. The number of hydrogen-bond acceptors (Lipinski definition) is 2. The minimum absolute atomic E-state index is 0.414. The van der Waals surface area contributed by atoms with Crippen LogP contribution in [-0.4, -0.2) is 9.79 Å². The van der Waals surface area contributed by atoms with Gasteiger partial charge in [0.15, 0.2) is 0 Å². The van der Waals surface area contributed by atoms with Crippen LogP contribution in [0.4, 0.5) is 0 Å². The second-order valence-electron chi connectivity index (χ2n) is 4.22. The first-order valence-corrected chi connectivity index (χ1v) is 7.06. The molecule has 0 heterocycles. The molecule has 0 bridgehead atoms. The first kappa shape index (κ1) is 15.6. The van der Waals surface area contributed by atoms with Crippen LogP contribution in [0.1, 0.15) is 18.1 Å². The fraction of sp³-hybridized carbons (Fsp3) is 0.143. The Morgan fingerprint density at radius 3 is 1.42 bits per heavy atom. The van der Waals surface area contributed by atoms with Crippen LogP contribution in [0, 0.1) is 0 Å². The first-order chi connectivity index (χ1) is 8.94. The second kappa shape index (κ2) is 7.22. The van der Waals surface area contributed by atoms with Crippen molar-refractivity contribution in [2.75, 3.05) is 0 Å². The van der Waals surface area contributed by atoms with Gasteiger partial charge >= 0.3 is 8.25 Å². The van der Waals surface area contributed by atoms with Crippen molar-refractivity contribution in [2.45, 2.75) is 12.5 Å². The summed E-state index contributed by atoms with van der Waals surface area (Å²) in [6, 6.07) is 20.3. The van der Waals surface area contributed by atoms with Crippen LogP contribution >= 0.6 is 8.25 Å². The lowest BCUT2D eigenvalue weighted by Gasteiger charge is -2.25. The highest BCUT2D eigenvalue weighted by Crippen LogP contribution is 2.25. The number of nitrogens with two attached hydrogens (primary N) is 1. The SMILES string of the molecule is CC(N)(c1ccccc1)c1ccccc1.O=[PH](O)O. The molecule has 0 fully saturated rings. The van der Waals surface area contributed by atoms with Crippen LogP contribution < -0.4 is 5.73 Å². The summed E-state index contributed by atoms with van der Waals surface area (Å²) >= 11 is 0. The summed E-state index contributed by atoms with van der Waals surface area (Å²) in [4.78, 5) is 14.3. The van der Waals surface area contributed by atoms with E-state index in [0.29, 0.717) is 0 Å². The van der Waals surface area contributed by atoms with Crippen molar-refractivity contribution in [1.82, 2.24) is 0 Å². The maximum Gasteiger partial charge on any atom is 0.314 e. The predicted molar refractivity (Wildman–Crippen MR) is 77.0 cm³/mol. The van der Waals surface area contributed by atoms with Crippen molar-refractivity contribution in [3.63, 3.8) is 0 Å². The highest BCUT2D eigenvalue weighted by atomic mass is 31.1. The quantitative estimate of drug-likeness (QED) is 0.736. The third-order valence-electron chi connectivity index (χ3n) is 2.75. The summed E-state index contributed by atoms with van der Waals surface area (Å²) in [6.45, 7) is 2.04. The molecule has 102 valence electrons. The van der Waals surface area contributed by atoms with Crippen molar-refractivity contribution in [3.05, 3.63) is 71.8 Å². The van der Waals surface area contributed by atoms with Gasteiger partial charge in [-0.3, -0.25) is 4.57 Å². The molecule has 0 aliphatic rings. The van der Waals surface area contributed by atoms with Crippen LogP contribution in [0.3, 0.4) is 0 Å². The molecule has 0 amide bonds. The van der Waals surface area contributed by atoms with Crippen molar-refractivity contribution in [3.8, 4) is 0 Å². The van der Waals surface area contributed by atoms with Crippen LogP contribution in [0.5, 0.6) is 0 Å². The maximum absolute atomic E-state index is 8.74. The minimum Gasteiger partial charge on any atom is -0.326 e. The fourth-order valence-corrected chi connectivity index (χ4v) is 1.74. The predicted octanol–water partition coefficient (Wildman–Crippen LogP) is 2.27. The van der Waals surface area contributed by atoms with Crippen LogP contribution in [0.15, 0.2) is 60.7 Å². The van der Waals surface area contributed by atoms with Gasteiger partial charge in [-0.25, -0.2) is 0 Å². The highest BCUT2D eigenvalue weighted by Gasteiger charge is 2.22. The average Bonchev–Trinajstić information content (AvgIpc) is 2.40. The van der Waals surface area contributed by atoms with E-state index >= 15 is 0 Å². The van der Waals surface area contributed by atoms with Gasteiger partial charge in [0.25, 0.3) is 0 Å². The van der Waals surface area contributed by atoms with E-state index < -0.39 is 13.8 Å². The Morgan fingerprint density at radius 2 is 1.16 bits per heavy atom. The molecule has 0 aromatic heterocycles. The summed E-state index contributed by atoms with van der Waals surface area (Å²) in [6.07, 6.45) is 0. The average molecular weight is 279 g/mol. The van der Waals surface area contributed by atoms with Gasteiger partial charge in [0.05, 0.1) is 5.54 Å². The van der Waals surface area contributed by atoms with Gasteiger partial charge in [-0.1, -0.05) is 60.7 Å². The molecular weight excluding hydrogens is 261 g/mol. The molecular formula is C14H18NO3P. The van der Waals surface area contributed by atoms with Gasteiger partial charge in [0.2, 0.25) is 0 Å². The zero-order valence-corrected chi connectivity index (χ0v) is 11.7. The minimum atomic E-state index is -3.13. The van der Waals surface area contributed by atoms with E-state index in [1.54, 1.807) is 0 Å². The monoisotopic (exact) mass is 279 g/mol. The van der Waals surface area contributed by atoms with Crippen molar-refractivity contribution < 1.29 is 14.4 Å². The van der Waals surface area contributed by atoms with Crippen molar-refractivity contribution in [1.29, 1.82) is 0 Å². The molecule has 4 nitrogen and oxygen atoms in total. The molecule has 0 saturated carbocycles. The van der Waals surface area contributed by atoms with E-state index in [-0.39, 0.29) is 0 Å². The van der Waals surface area contributed by atoms with E-state index in [1.165, 1.54) is 0 Å². The zero-order chi connectivity index (χ0) is 14.3. The van der Waals surface area contributed by atoms with E-state index in [1.807, 2.05) is 43.3 Å². The molecule has 0 spiro atoms. The first-order valence-electron chi connectivity index (χ1n) is 5.76. The third kappa shape index (κ3) is 4.97. The molecule has 0 radical (unpaired) electrons. The normalized spacial score (nSPS) is 10.8. The lowest BCUT2D eigenvalue weighted by Crippen LogP contribution is -2.34. The topological polar surface area (TPSA) is 83.6 Å². The molecule has 19 heavy (non-hydrogen) atoms. The Morgan fingerprint density at radius 1 is 0.895 bits per heavy atom. The Labute approximate surface area is 113 Å². The third-order valence-corrected chi connectivity index (χ3v) is 2.75. The summed E-state index contributed by atoms with van der Waals surface area (Å²) in [5.41, 5.74) is 8.22. The van der Waals surface area contributed by atoms with Gasteiger partial charge in [-0.15, -0.1) is 0 Å². The Hall–Kier alpha value is -1.45. The van der Waals surface area contributed by atoms with Gasteiger partial charge < -0.3 is 15.5 Å². The molecule has 2 aromatic carbocycles. The molecule has 4 N–H and O–H groups in total. The smallest absolute Gasteiger partial charge is 0.314 e. The lowest BCUT2D eigenvalue weighted by molar-refractivity contribution is 0.405.